The number of hydrogen-bond donors (Lipinski definition) is 2. The maximum atomic E-state index is 12.5. The molecule has 0 aromatic heterocycles. The standard InChI is InChI=1S/C60H79N3O6SSi/c1-45(2)63(46(3)4)38-35-54(51-24-18-13-19-25-51)55-40-48(28-32-57(55)67-43-49-20-14-11-15-21-49)36-39-66-53-30-26-47(27-31-53)34-37-61-42-59(69-71(9,10)60(5,6)7)52-29-33-58(56(41-52)62-70(8,64)65)68-44-50-22-16-12-17-23-50/h11-33,40-41,45-46,54,59,61-62H,34-39,42-44H2,1-10H3/t54-,59+/m1/s1. The smallest absolute Gasteiger partial charge is 0.229 e. The minimum atomic E-state index is -3.58. The lowest BCUT2D eigenvalue weighted by Gasteiger charge is -2.39. The molecule has 6 aromatic carbocycles. The summed E-state index contributed by atoms with van der Waals surface area (Å²) in [4.78, 5) is 2.58. The molecule has 0 radical (unpaired) electrons. The highest BCUT2D eigenvalue weighted by molar-refractivity contribution is 7.92. The molecule has 9 nitrogen and oxygen atoms in total. The normalized spacial score (nSPS) is 13.1. The molecule has 0 heterocycles. The Kier molecular flexibility index (Phi) is 19.9. The molecule has 2 N–H and O–H groups in total. The molecule has 380 valence electrons. The molecule has 0 saturated carbocycles. The van der Waals surface area contributed by atoms with Crippen molar-refractivity contribution in [2.75, 3.05) is 37.2 Å². The predicted octanol–water partition coefficient (Wildman–Crippen LogP) is 13.4. The molecule has 0 spiro atoms. The Morgan fingerprint density at radius 1 is 0.620 bits per heavy atom. The van der Waals surface area contributed by atoms with Gasteiger partial charge in [0.2, 0.25) is 10.0 Å². The fourth-order valence-electron chi connectivity index (χ4n) is 8.62. The lowest BCUT2D eigenvalue weighted by molar-refractivity contribution is 0.170. The molecule has 0 aliphatic heterocycles. The van der Waals surface area contributed by atoms with E-state index in [0.29, 0.717) is 49.9 Å². The molecule has 6 aromatic rings. The molecular weight excluding hydrogens is 919 g/mol. The molecule has 6 rings (SSSR count). The summed E-state index contributed by atoms with van der Waals surface area (Å²) in [6, 6.07) is 52.7. The van der Waals surface area contributed by atoms with E-state index in [1.165, 1.54) is 22.3 Å². The first-order valence-electron chi connectivity index (χ1n) is 25.3. The van der Waals surface area contributed by atoms with Crippen LogP contribution in [0, 0.1) is 0 Å². The third-order valence-corrected chi connectivity index (χ3v) is 18.6. The van der Waals surface area contributed by atoms with Crippen molar-refractivity contribution in [3.05, 3.63) is 191 Å². The van der Waals surface area contributed by atoms with Crippen molar-refractivity contribution in [3.63, 3.8) is 0 Å². The number of hydrogen-bond acceptors (Lipinski definition) is 8. The van der Waals surface area contributed by atoms with Gasteiger partial charge in [-0.15, -0.1) is 0 Å². The first-order valence-corrected chi connectivity index (χ1v) is 30.1. The maximum Gasteiger partial charge on any atom is 0.229 e. The first kappa shape index (κ1) is 54.9. The Balaban J connectivity index is 1.10. The number of sulfonamides is 1. The second-order valence-electron chi connectivity index (χ2n) is 20.8. The van der Waals surface area contributed by atoms with E-state index in [-0.39, 0.29) is 17.1 Å². The molecule has 0 saturated heterocycles. The van der Waals surface area contributed by atoms with E-state index in [9.17, 15) is 8.42 Å². The van der Waals surface area contributed by atoms with Crippen LogP contribution in [0.3, 0.4) is 0 Å². The van der Waals surface area contributed by atoms with Crippen molar-refractivity contribution in [1.82, 2.24) is 10.2 Å². The number of nitrogens with one attached hydrogen (secondary N) is 2. The van der Waals surface area contributed by atoms with E-state index in [1.807, 2.05) is 54.6 Å². The van der Waals surface area contributed by atoms with Crippen LogP contribution in [-0.4, -0.2) is 66.2 Å². The molecule has 71 heavy (non-hydrogen) atoms. The fraction of sp³-hybridized carbons (Fsp3) is 0.400. The largest absolute Gasteiger partial charge is 0.493 e. The summed E-state index contributed by atoms with van der Waals surface area (Å²) in [7, 11) is -5.82. The van der Waals surface area contributed by atoms with Crippen molar-refractivity contribution < 1.29 is 27.1 Å². The van der Waals surface area contributed by atoms with Crippen molar-refractivity contribution in [2.24, 2.45) is 0 Å². The van der Waals surface area contributed by atoms with Crippen LogP contribution in [0.2, 0.25) is 18.1 Å². The van der Waals surface area contributed by atoms with Gasteiger partial charge in [-0.05, 0) is 135 Å². The third-order valence-electron chi connectivity index (χ3n) is 13.5. The number of nitrogens with zero attached hydrogens (tertiary/aromatic N) is 1. The fourth-order valence-corrected chi connectivity index (χ4v) is 10.5. The molecule has 0 amide bonds. The molecule has 2 atom stereocenters. The van der Waals surface area contributed by atoms with Crippen LogP contribution in [0.5, 0.6) is 17.2 Å². The number of benzene rings is 6. The van der Waals surface area contributed by atoms with E-state index in [4.69, 9.17) is 18.6 Å². The molecule has 0 unspecified atom stereocenters. The zero-order valence-electron chi connectivity index (χ0n) is 43.9. The molecular formula is C60H79N3O6SSi. The lowest BCUT2D eigenvalue weighted by atomic mass is 9.86. The summed E-state index contributed by atoms with van der Waals surface area (Å²) in [5.41, 5.74) is 8.31. The highest BCUT2D eigenvalue weighted by atomic mass is 32.2. The van der Waals surface area contributed by atoms with E-state index in [2.05, 4.69) is 174 Å². The Bertz CT molecular complexity index is 2630. The maximum absolute atomic E-state index is 12.5. The number of rotatable bonds is 27. The van der Waals surface area contributed by atoms with Crippen LogP contribution in [0.4, 0.5) is 5.69 Å². The van der Waals surface area contributed by atoms with Crippen LogP contribution < -0.4 is 24.2 Å². The van der Waals surface area contributed by atoms with Gasteiger partial charge in [-0.1, -0.05) is 142 Å². The van der Waals surface area contributed by atoms with Crippen molar-refractivity contribution in [3.8, 4) is 17.2 Å². The summed E-state index contributed by atoms with van der Waals surface area (Å²) in [5.74, 6) is 2.38. The predicted molar refractivity (Wildman–Crippen MR) is 296 cm³/mol. The summed E-state index contributed by atoms with van der Waals surface area (Å²) in [5, 5.41) is 3.63. The second kappa shape index (κ2) is 25.8. The average Bonchev–Trinajstić information content (AvgIpc) is 3.33. The molecule has 0 aliphatic carbocycles. The zero-order chi connectivity index (χ0) is 51.0. The van der Waals surface area contributed by atoms with Crippen LogP contribution in [0.15, 0.2) is 152 Å². The zero-order valence-corrected chi connectivity index (χ0v) is 45.7. The molecule has 0 fully saturated rings. The highest BCUT2D eigenvalue weighted by Crippen LogP contribution is 2.41. The average molecular weight is 998 g/mol. The number of ether oxygens (including phenoxy) is 3. The summed E-state index contributed by atoms with van der Waals surface area (Å²) < 4.78 is 53.9. The van der Waals surface area contributed by atoms with E-state index >= 15 is 0 Å². The summed E-state index contributed by atoms with van der Waals surface area (Å²) in [6.45, 7) is 23.9. The summed E-state index contributed by atoms with van der Waals surface area (Å²) >= 11 is 0. The van der Waals surface area contributed by atoms with Gasteiger partial charge in [-0.25, -0.2) is 8.42 Å². The Hall–Kier alpha value is -5.43. The van der Waals surface area contributed by atoms with Gasteiger partial charge in [0.05, 0.1) is 24.7 Å². The van der Waals surface area contributed by atoms with Crippen molar-refractivity contribution in [1.29, 1.82) is 0 Å². The highest BCUT2D eigenvalue weighted by Gasteiger charge is 2.39. The van der Waals surface area contributed by atoms with Gasteiger partial charge in [0, 0.05) is 36.5 Å². The van der Waals surface area contributed by atoms with E-state index in [1.54, 1.807) is 0 Å². The van der Waals surface area contributed by atoms with Crippen LogP contribution >= 0.6 is 0 Å². The second-order valence-corrected chi connectivity index (χ2v) is 27.3. The summed E-state index contributed by atoms with van der Waals surface area (Å²) in [6.07, 6.45) is 3.39. The third kappa shape index (κ3) is 17.1. The minimum absolute atomic E-state index is 0.0265. The molecule has 11 heteroatoms. The van der Waals surface area contributed by atoms with Gasteiger partial charge in [-0.2, -0.15) is 0 Å². The van der Waals surface area contributed by atoms with Crippen LogP contribution in [0.25, 0.3) is 0 Å². The van der Waals surface area contributed by atoms with Crippen molar-refractivity contribution >= 4 is 24.0 Å². The monoisotopic (exact) mass is 998 g/mol. The Morgan fingerprint density at radius 2 is 1.18 bits per heavy atom. The van der Waals surface area contributed by atoms with Gasteiger partial charge in [-0.3, -0.25) is 9.62 Å². The minimum Gasteiger partial charge on any atom is -0.493 e. The van der Waals surface area contributed by atoms with Crippen molar-refractivity contribution in [2.45, 2.75) is 123 Å². The Morgan fingerprint density at radius 3 is 1.76 bits per heavy atom. The SMILES string of the molecule is CC(C)N(CC[C@H](c1ccccc1)c1cc(CCOc2ccc(CCNC[C@H](O[Si](C)(C)C(C)(C)C)c3ccc(OCc4ccccc4)c(NS(C)(=O)=O)c3)cc2)ccc1OCc1ccccc1)C(C)C. The first-order chi connectivity index (χ1) is 33.8. The van der Waals surface area contributed by atoms with Gasteiger partial charge in [0.25, 0.3) is 0 Å². The molecule has 0 bridgehead atoms. The molecule has 0 aliphatic rings. The van der Waals surface area contributed by atoms with Crippen LogP contribution in [0.1, 0.15) is 106 Å². The number of anilines is 1. The lowest BCUT2D eigenvalue weighted by Crippen LogP contribution is -2.43. The van der Waals surface area contributed by atoms with Gasteiger partial charge < -0.3 is 24.0 Å². The van der Waals surface area contributed by atoms with E-state index in [0.717, 1.165) is 66.8 Å². The van der Waals surface area contributed by atoms with Crippen LogP contribution in [-0.2, 0) is 40.5 Å². The Labute approximate surface area is 427 Å². The van der Waals surface area contributed by atoms with Gasteiger partial charge >= 0.3 is 0 Å². The topological polar surface area (TPSA) is 98.4 Å². The van der Waals surface area contributed by atoms with Gasteiger partial charge in [0.1, 0.15) is 30.5 Å². The van der Waals surface area contributed by atoms with Gasteiger partial charge in [0.15, 0.2) is 8.32 Å². The quantitative estimate of drug-likeness (QED) is 0.0389. The van der Waals surface area contributed by atoms with E-state index < -0.39 is 18.3 Å².